The van der Waals surface area contributed by atoms with Gasteiger partial charge in [0.15, 0.2) is 11.6 Å². The highest BCUT2D eigenvalue weighted by atomic mass is 16.3. The number of para-hydroxylation sites is 1. The topological polar surface area (TPSA) is 66.0 Å². The molecule has 0 saturated carbocycles. The Kier molecular flexibility index (Phi) is 8.06. The Morgan fingerprint density at radius 1 is 0.447 bits per heavy atom. The molecule has 1 aliphatic carbocycles. The monoisotopic (exact) mass is 1100 g/mol. The zero-order valence-corrected chi connectivity index (χ0v) is 44.7. The number of hydrogen-bond donors (Lipinski definition) is 0. The normalized spacial score (nSPS) is 14.5. The number of aromatic nitrogens is 5. The van der Waals surface area contributed by atoms with E-state index < -0.39 is 120 Å². The van der Waals surface area contributed by atoms with E-state index in [9.17, 15) is 17.5 Å². The summed E-state index contributed by atoms with van der Waals surface area (Å²) in [4.78, 5) is 18.8. The van der Waals surface area contributed by atoms with Crippen LogP contribution in [-0.4, -0.2) is 24.1 Å². The lowest BCUT2D eigenvalue weighted by molar-refractivity contribution is 0.673. The van der Waals surface area contributed by atoms with Gasteiger partial charge in [0.2, 0.25) is 5.69 Å². The van der Waals surface area contributed by atoms with Crippen LogP contribution in [0.25, 0.3) is 149 Å². The average molecular weight is 1100 g/mol. The van der Waals surface area contributed by atoms with Crippen molar-refractivity contribution in [1.29, 1.82) is 0 Å². The summed E-state index contributed by atoms with van der Waals surface area (Å²) in [6, 6.07) is 46.8. The molecule has 0 aliphatic heterocycles. The van der Waals surface area contributed by atoms with Gasteiger partial charge in [0.25, 0.3) is 0 Å². The lowest BCUT2D eigenvalue weighted by atomic mass is 9.93. The van der Waals surface area contributed by atoms with E-state index in [1.807, 2.05) is 149 Å². The summed E-state index contributed by atoms with van der Waals surface area (Å²) >= 11 is 0. The highest BCUT2D eigenvalue weighted by Gasteiger charge is 2.31. The summed E-state index contributed by atoms with van der Waals surface area (Å²) < 4.78 is 148. The van der Waals surface area contributed by atoms with Crippen LogP contribution >= 0.6 is 0 Å². The second-order valence-electron chi connectivity index (χ2n) is 20.9. The Bertz CT molecular complexity index is 6200. The van der Waals surface area contributed by atoms with E-state index in [0.29, 0.717) is 50.4 Å². The van der Waals surface area contributed by atoms with Crippen LogP contribution in [0, 0.1) is 6.57 Å². The molecule has 0 unspecified atom stereocenters. The van der Waals surface area contributed by atoms with Crippen molar-refractivity contribution in [3.63, 3.8) is 0 Å². The molecule has 7 nitrogen and oxygen atoms in total. The standard InChI is InChI=1S/C78H48N6O/c1-79-64-46-56(47-70-80-77(51-27-13-5-14-28-51)82-78(81-70)52-29-15-6-16-30-52)74(83-65-39-35-53(48-21-7-2-8-22-48)43-62(65)72-61-45-55-31-17-18-32-57(55)58(61)37-41-67(72)83)71(50-25-11-4-12-26-50)75(64)84-66-40-36-54(49-23-9-3-10-24-49)44-63(66)73-68(84)42-38-60-59-33-19-20-34-69(59)85-76(60)73/h2-44,46H,45,47H2/i4D,5D,6D,11D,12D,13D,14D,15D,16D,25D,26D,27D,28D,29D,30D. The number of benzene rings is 12. The van der Waals surface area contributed by atoms with Gasteiger partial charge in [-0.15, -0.1) is 0 Å². The molecular weight excluding hydrogens is 1040 g/mol. The van der Waals surface area contributed by atoms with Gasteiger partial charge in [-0.25, -0.2) is 19.8 Å². The van der Waals surface area contributed by atoms with Gasteiger partial charge in [0.05, 0.1) is 66.0 Å². The van der Waals surface area contributed by atoms with Crippen molar-refractivity contribution >= 4 is 71.2 Å². The number of hydrogen-bond acceptors (Lipinski definition) is 4. The van der Waals surface area contributed by atoms with Gasteiger partial charge in [-0.3, -0.25) is 0 Å². The van der Waals surface area contributed by atoms with E-state index in [4.69, 9.17) is 24.0 Å². The van der Waals surface area contributed by atoms with Crippen molar-refractivity contribution in [2.45, 2.75) is 12.8 Å². The fourth-order valence-electron chi connectivity index (χ4n) is 12.8. The Balaban J connectivity index is 1.08. The van der Waals surface area contributed by atoms with Crippen molar-refractivity contribution in [1.82, 2.24) is 24.1 Å². The molecule has 4 heterocycles. The van der Waals surface area contributed by atoms with E-state index in [0.717, 1.165) is 66.1 Å². The van der Waals surface area contributed by atoms with Gasteiger partial charge >= 0.3 is 0 Å². The quantitative estimate of drug-likeness (QED) is 0.135. The summed E-state index contributed by atoms with van der Waals surface area (Å²) in [6.45, 7) is 9.54. The third-order valence-electron chi connectivity index (χ3n) is 16.3. The van der Waals surface area contributed by atoms with E-state index in [1.54, 1.807) is 6.07 Å². The molecule has 0 atom stereocenters. The molecule has 16 aromatic rings. The third kappa shape index (κ3) is 7.70. The second-order valence-corrected chi connectivity index (χ2v) is 20.9. The molecule has 396 valence electrons. The van der Waals surface area contributed by atoms with Gasteiger partial charge < -0.3 is 13.6 Å². The van der Waals surface area contributed by atoms with Gasteiger partial charge in [0, 0.05) is 50.0 Å². The second kappa shape index (κ2) is 19.3. The summed E-state index contributed by atoms with van der Waals surface area (Å²) in [5, 5.41) is 4.62. The summed E-state index contributed by atoms with van der Waals surface area (Å²) in [6.07, 6.45) is 0.0201. The van der Waals surface area contributed by atoms with Crippen LogP contribution in [0.5, 0.6) is 0 Å². The first-order chi connectivity index (χ1) is 48.3. The molecule has 12 aromatic carbocycles. The highest BCUT2D eigenvalue weighted by Crippen LogP contribution is 2.52. The fourth-order valence-corrected chi connectivity index (χ4v) is 12.8. The molecular formula is C78H48N6O. The van der Waals surface area contributed by atoms with E-state index in [1.165, 1.54) is 0 Å². The SMILES string of the molecule is [2H]c1c([2H])c([2H])c(-c2nc(Cc3cc([N+]#[C-])c(-n4c5ccc(-c6ccccc6)cc5c5c6oc7ccccc7c6ccc54)c(-c4c([2H])c([2H])c([2H])c([2H])c4[2H])c3-n3c4ccc(-c5ccccc5)cc4c4c5c(ccc43)-c3ccccc3C5)nc(-c3c([2H])c([2H])c([2H])c([2H])c3[2H])n2)c([2H])c1[2H]. The zero-order valence-electron chi connectivity index (χ0n) is 59.7. The maximum Gasteiger partial charge on any atom is 0.211 e. The maximum absolute atomic E-state index is 10.2. The predicted molar refractivity (Wildman–Crippen MR) is 347 cm³/mol. The number of furan rings is 1. The smallest absolute Gasteiger partial charge is 0.211 e. The highest BCUT2D eigenvalue weighted by molar-refractivity contribution is 6.25. The van der Waals surface area contributed by atoms with Gasteiger partial charge in [-0.2, -0.15) is 0 Å². The fraction of sp³-hybridized carbons (Fsp3) is 0.0256. The van der Waals surface area contributed by atoms with Crippen molar-refractivity contribution in [2.75, 3.05) is 0 Å². The lowest BCUT2D eigenvalue weighted by Crippen LogP contribution is -2.10. The van der Waals surface area contributed by atoms with E-state index >= 15 is 0 Å². The molecule has 0 amide bonds. The molecule has 17 rings (SSSR count). The number of rotatable bonds is 9. The van der Waals surface area contributed by atoms with Crippen LogP contribution in [-0.2, 0) is 12.8 Å². The van der Waals surface area contributed by atoms with Crippen LogP contribution in [0.2, 0.25) is 0 Å². The number of nitrogens with zero attached hydrogens (tertiary/aromatic N) is 6. The van der Waals surface area contributed by atoms with Crippen LogP contribution in [0.3, 0.4) is 0 Å². The van der Waals surface area contributed by atoms with Crippen LogP contribution in [0.15, 0.2) is 271 Å². The van der Waals surface area contributed by atoms with Crippen LogP contribution in [0.4, 0.5) is 5.69 Å². The van der Waals surface area contributed by atoms with Crippen molar-refractivity contribution < 1.29 is 25.0 Å². The lowest BCUT2D eigenvalue weighted by Gasteiger charge is -2.25. The maximum atomic E-state index is 10.2. The molecule has 0 saturated heterocycles. The largest absolute Gasteiger partial charge is 0.455 e. The summed E-state index contributed by atoms with van der Waals surface area (Å²) in [7, 11) is 0. The Hall–Kier alpha value is -11.5. The third-order valence-corrected chi connectivity index (χ3v) is 16.3. The Morgan fingerprint density at radius 2 is 1.00 bits per heavy atom. The van der Waals surface area contributed by atoms with Crippen LogP contribution in [0.1, 0.15) is 43.1 Å². The molecule has 0 fully saturated rings. The first-order valence-corrected chi connectivity index (χ1v) is 27.6. The van der Waals surface area contributed by atoms with Gasteiger partial charge in [-0.05, 0) is 117 Å². The van der Waals surface area contributed by atoms with Crippen molar-refractivity contribution in [3.05, 3.63) is 300 Å². The molecule has 0 spiro atoms. The minimum atomic E-state index is -0.732. The van der Waals surface area contributed by atoms with Crippen molar-refractivity contribution in [2.24, 2.45) is 0 Å². The minimum Gasteiger partial charge on any atom is -0.455 e. The number of fused-ring (bicyclic) bond motifs is 14. The molecule has 1 aliphatic rings. The Labute approximate surface area is 510 Å². The van der Waals surface area contributed by atoms with Gasteiger partial charge in [0.1, 0.15) is 17.0 Å². The molecule has 85 heavy (non-hydrogen) atoms. The van der Waals surface area contributed by atoms with E-state index in [-0.39, 0.29) is 39.6 Å². The zero-order chi connectivity index (χ0) is 69.2. The summed E-state index contributed by atoms with van der Waals surface area (Å²) in [5.74, 6) is -1.29. The predicted octanol–water partition coefficient (Wildman–Crippen LogP) is 20.0. The molecule has 0 N–H and O–H groups in total. The minimum absolute atomic E-state index is 0.00315. The first kappa shape index (κ1) is 35.4. The molecule has 0 radical (unpaired) electrons. The van der Waals surface area contributed by atoms with Crippen molar-refractivity contribution in [3.8, 4) is 78.7 Å². The molecule has 0 bridgehead atoms. The van der Waals surface area contributed by atoms with E-state index in [2.05, 4.69) is 40.2 Å². The van der Waals surface area contributed by atoms with Crippen LogP contribution < -0.4 is 0 Å². The molecule has 7 heteroatoms. The summed E-state index contributed by atoms with van der Waals surface area (Å²) in [5.41, 5.74) is 10.2. The van der Waals surface area contributed by atoms with Gasteiger partial charge in [-0.1, -0.05) is 212 Å². The first-order valence-electron chi connectivity index (χ1n) is 35.1. The average Bonchev–Trinajstić information content (AvgIpc) is 1.47. The molecule has 4 aromatic heterocycles. The Morgan fingerprint density at radius 3 is 1.66 bits per heavy atom.